The summed E-state index contributed by atoms with van der Waals surface area (Å²) >= 11 is 5.91. The van der Waals surface area contributed by atoms with Gasteiger partial charge >= 0.3 is 5.97 Å². The first-order valence-corrected chi connectivity index (χ1v) is 9.35. The standard InChI is InChI=1S/C15H21ClN2O4S.ClH/c1-22-15(19)12-7-6-11(16)8-14(12)23(20,21)18-13-5-3-2-4-10(13)9-17;/h6-8,10,13,18H,2-5,9,17H2,1H3;1H. The molecule has 1 aliphatic carbocycles. The van der Waals surface area contributed by atoms with E-state index < -0.39 is 16.0 Å². The van der Waals surface area contributed by atoms with E-state index >= 15 is 0 Å². The minimum absolute atomic E-state index is 0. The van der Waals surface area contributed by atoms with Gasteiger partial charge in [0.25, 0.3) is 0 Å². The largest absolute Gasteiger partial charge is 0.465 e. The number of rotatable bonds is 5. The number of ether oxygens (including phenoxy) is 1. The Morgan fingerprint density at radius 3 is 2.67 bits per heavy atom. The molecule has 9 heteroatoms. The minimum atomic E-state index is -3.90. The number of methoxy groups -OCH3 is 1. The van der Waals surface area contributed by atoms with E-state index in [-0.39, 0.29) is 39.8 Å². The number of nitrogens with one attached hydrogen (secondary N) is 1. The van der Waals surface area contributed by atoms with E-state index in [9.17, 15) is 13.2 Å². The second-order valence-electron chi connectivity index (χ2n) is 5.64. The first kappa shape index (κ1) is 21.2. The van der Waals surface area contributed by atoms with Crippen molar-refractivity contribution in [3.8, 4) is 0 Å². The van der Waals surface area contributed by atoms with Gasteiger partial charge in [0.15, 0.2) is 0 Å². The fraction of sp³-hybridized carbons (Fsp3) is 0.533. The zero-order valence-corrected chi connectivity index (χ0v) is 15.7. The number of sulfonamides is 1. The van der Waals surface area contributed by atoms with E-state index in [1.807, 2.05) is 0 Å². The number of benzene rings is 1. The lowest BCUT2D eigenvalue weighted by atomic mass is 9.85. The Labute approximate surface area is 153 Å². The number of hydrogen-bond donors (Lipinski definition) is 2. The average molecular weight is 397 g/mol. The Hall–Kier alpha value is -0.860. The summed E-state index contributed by atoms with van der Waals surface area (Å²) in [6.45, 7) is 0.423. The molecule has 2 atom stereocenters. The van der Waals surface area contributed by atoms with Gasteiger partial charge < -0.3 is 10.5 Å². The topological polar surface area (TPSA) is 98.5 Å². The summed E-state index contributed by atoms with van der Waals surface area (Å²) in [7, 11) is -2.70. The molecule has 0 aromatic heterocycles. The molecule has 0 bridgehead atoms. The predicted molar refractivity (Wildman–Crippen MR) is 95.2 cm³/mol. The van der Waals surface area contributed by atoms with Gasteiger partial charge in [-0.3, -0.25) is 0 Å². The molecule has 0 aliphatic heterocycles. The minimum Gasteiger partial charge on any atom is -0.465 e. The van der Waals surface area contributed by atoms with Gasteiger partial charge in [-0.05, 0) is 43.5 Å². The Balaban J connectivity index is 0.00000288. The van der Waals surface area contributed by atoms with Gasteiger partial charge in [0.1, 0.15) is 0 Å². The van der Waals surface area contributed by atoms with Crippen molar-refractivity contribution in [2.24, 2.45) is 11.7 Å². The summed E-state index contributed by atoms with van der Waals surface area (Å²) < 4.78 is 32.8. The SMILES string of the molecule is COC(=O)c1ccc(Cl)cc1S(=O)(=O)NC1CCCCC1CN.Cl. The molecular formula is C15H22Cl2N2O4S. The van der Waals surface area contributed by atoms with Crippen molar-refractivity contribution in [1.82, 2.24) is 4.72 Å². The Bertz CT molecular complexity index is 682. The van der Waals surface area contributed by atoms with E-state index in [1.165, 1.54) is 25.3 Å². The zero-order chi connectivity index (χ0) is 17.0. The van der Waals surface area contributed by atoms with Crippen molar-refractivity contribution < 1.29 is 17.9 Å². The van der Waals surface area contributed by atoms with Crippen LogP contribution in [0.15, 0.2) is 23.1 Å². The molecule has 0 radical (unpaired) electrons. The first-order valence-electron chi connectivity index (χ1n) is 7.49. The summed E-state index contributed by atoms with van der Waals surface area (Å²) in [5.74, 6) is -0.625. The highest BCUT2D eigenvalue weighted by molar-refractivity contribution is 7.89. The van der Waals surface area contributed by atoms with Crippen LogP contribution in [0.1, 0.15) is 36.0 Å². The predicted octanol–water partition coefficient (Wildman–Crippen LogP) is 2.34. The molecule has 0 heterocycles. The third-order valence-electron chi connectivity index (χ3n) is 4.16. The van der Waals surface area contributed by atoms with E-state index in [2.05, 4.69) is 9.46 Å². The molecule has 1 saturated carbocycles. The molecule has 6 nitrogen and oxygen atoms in total. The molecule has 136 valence electrons. The lowest BCUT2D eigenvalue weighted by Crippen LogP contribution is -2.44. The highest BCUT2D eigenvalue weighted by Gasteiger charge is 2.31. The summed E-state index contributed by atoms with van der Waals surface area (Å²) in [6.07, 6.45) is 3.62. The molecule has 0 spiro atoms. The van der Waals surface area contributed by atoms with Crippen molar-refractivity contribution in [3.63, 3.8) is 0 Å². The van der Waals surface area contributed by atoms with Crippen LogP contribution in [0.25, 0.3) is 0 Å². The average Bonchev–Trinajstić information content (AvgIpc) is 2.54. The van der Waals surface area contributed by atoms with Crippen molar-refractivity contribution in [3.05, 3.63) is 28.8 Å². The number of carbonyl (C=O) groups excluding carboxylic acids is 1. The smallest absolute Gasteiger partial charge is 0.339 e. The van der Waals surface area contributed by atoms with Gasteiger partial charge in [0, 0.05) is 11.1 Å². The molecular weight excluding hydrogens is 375 g/mol. The van der Waals surface area contributed by atoms with E-state index in [4.69, 9.17) is 17.3 Å². The Morgan fingerprint density at radius 2 is 2.04 bits per heavy atom. The van der Waals surface area contributed by atoms with Gasteiger partial charge in [-0.25, -0.2) is 17.9 Å². The van der Waals surface area contributed by atoms with Crippen LogP contribution >= 0.6 is 24.0 Å². The molecule has 1 fully saturated rings. The van der Waals surface area contributed by atoms with Crippen LogP contribution in [0.2, 0.25) is 5.02 Å². The molecule has 24 heavy (non-hydrogen) atoms. The van der Waals surface area contributed by atoms with Crippen molar-refractivity contribution >= 4 is 40.0 Å². The molecule has 1 aromatic rings. The van der Waals surface area contributed by atoms with Gasteiger partial charge in [0.2, 0.25) is 10.0 Å². The van der Waals surface area contributed by atoms with Gasteiger partial charge in [0.05, 0.1) is 17.6 Å². The number of nitrogens with two attached hydrogens (primary N) is 1. The van der Waals surface area contributed by atoms with Crippen molar-refractivity contribution in [2.45, 2.75) is 36.6 Å². The van der Waals surface area contributed by atoms with Crippen LogP contribution in [0.4, 0.5) is 0 Å². The third-order valence-corrected chi connectivity index (χ3v) is 5.92. The van der Waals surface area contributed by atoms with Gasteiger partial charge in [-0.1, -0.05) is 24.4 Å². The van der Waals surface area contributed by atoms with Gasteiger partial charge in [-0.15, -0.1) is 12.4 Å². The van der Waals surface area contributed by atoms with E-state index in [0.29, 0.717) is 6.54 Å². The van der Waals surface area contributed by atoms with Crippen molar-refractivity contribution in [1.29, 1.82) is 0 Å². The van der Waals surface area contributed by atoms with Crippen molar-refractivity contribution in [2.75, 3.05) is 13.7 Å². The highest BCUT2D eigenvalue weighted by Crippen LogP contribution is 2.27. The molecule has 2 rings (SSSR count). The highest BCUT2D eigenvalue weighted by atomic mass is 35.5. The molecule has 1 aliphatic rings. The maximum absolute atomic E-state index is 12.7. The number of esters is 1. The summed E-state index contributed by atoms with van der Waals surface area (Å²) in [5.41, 5.74) is 5.71. The second kappa shape index (κ2) is 9.01. The maximum atomic E-state index is 12.7. The lowest BCUT2D eigenvalue weighted by Gasteiger charge is -2.31. The van der Waals surface area contributed by atoms with E-state index in [0.717, 1.165) is 25.7 Å². The fourth-order valence-corrected chi connectivity index (χ4v) is 4.70. The van der Waals surface area contributed by atoms with Crippen LogP contribution in [0, 0.1) is 5.92 Å². The molecule has 1 aromatic carbocycles. The summed E-state index contributed by atoms with van der Waals surface area (Å²) in [4.78, 5) is 11.7. The summed E-state index contributed by atoms with van der Waals surface area (Å²) in [5, 5.41) is 0.233. The molecule has 3 N–H and O–H groups in total. The summed E-state index contributed by atoms with van der Waals surface area (Å²) in [6, 6.07) is 3.83. The number of carbonyl (C=O) groups is 1. The van der Waals surface area contributed by atoms with Gasteiger partial charge in [-0.2, -0.15) is 0 Å². The fourth-order valence-electron chi connectivity index (χ4n) is 2.90. The third kappa shape index (κ3) is 4.83. The lowest BCUT2D eigenvalue weighted by molar-refractivity contribution is 0.0596. The number of halogens is 2. The molecule has 0 saturated heterocycles. The Kier molecular flexibility index (Phi) is 7.95. The Morgan fingerprint density at radius 1 is 1.38 bits per heavy atom. The first-order chi connectivity index (χ1) is 10.9. The zero-order valence-electron chi connectivity index (χ0n) is 13.3. The van der Waals surface area contributed by atoms with E-state index in [1.54, 1.807) is 0 Å². The maximum Gasteiger partial charge on any atom is 0.339 e. The van der Waals surface area contributed by atoms with Crippen LogP contribution < -0.4 is 10.5 Å². The van der Waals surface area contributed by atoms with Crippen LogP contribution in [0.5, 0.6) is 0 Å². The van der Waals surface area contributed by atoms with Crippen LogP contribution in [0.3, 0.4) is 0 Å². The van der Waals surface area contributed by atoms with Crippen LogP contribution in [-0.4, -0.2) is 34.1 Å². The number of hydrogen-bond acceptors (Lipinski definition) is 5. The monoisotopic (exact) mass is 396 g/mol. The second-order valence-corrected chi connectivity index (χ2v) is 7.76. The quantitative estimate of drug-likeness (QED) is 0.744. The molecule has 0 amide bonds. The molecule has 2 unspecified atom stereocenters. The van der Waals surface area contributed by atoms with Crippen LogP contribution in [-0.2, 0) is 14.8 Å². The normalized spacial score (nSPS) is 21.0.